The molecule has 0 aromatic carbocycles. The van der Waals surface area contributed by atoms with E-state index in [0.717, 1.165) is 12.7 Å². The second kappa shape index (κ2) is 3.35. The van der Waals surface area contributed by atoms with Gasteiger partial charge in [0.05, 0.1) is 0 Å². The molecular weight excluding hydrogens is 174 g/mol. The third kappa shape index (κ3) is 1.89. The van der Waals surface area contributed by atoms with Crippen LogP contribution in [0.5, 0.6) is 0 Å². The lowest BCUT2D eigenvalue weighted by Gasteiger charge is -2.28. The first-order chi connectivity index (χ1) is 5.96. The lowest BCUT2D eigenvalue weighted by atomic mass is 9.75. The molecule has 0 N–H and O–H groups in total. The first-order valence-electron chi connectivity index (χ1n) is 4.80. The van der Waals surface area contributed by atoms with Gasteiger partial charge in [0.2, 0.25) is 5.92 Å². The average molecular weight is 190 g/mol. The van der Waals surface area contributed by atoms with E-state index >= 15 is 0 Å². The molecule has 1 aliphatic carbocycles. The largest absolute Gasteiger partial charge is 0.303 e. The molecule has 0 bridgehead atoms. The first kappa shape index (κ1) is 10.6. The maximum atomic E-state index is 13.0. The van der Waals surface area contributed by atoms with E-state index in [4.69, 9.17) is 0 Å². The van der Waals surface area contributed by atoms with Crippen LogP contribution in [0.3, 0.4) is 0 Å². The molecular formula is C10H16F2O. The molecule has 0 amide bonds. The molecule has 0 spiro atoms. The molecule has 1 saturated carbocycles. The molecule has 1 fully saturated rings. The highest BCUT2D eigenvalue weighted by Gasteiger charge is 2.51. The monoisotopic (exact) mass is 190 g/mol. The minimum Gasteiger partial charge on any atom is -0.303 e. The summed E-state index contributed by atoms with van der Waals surface area (Å²) in [6, 6.07) is 0. The van der Waals surface area contributed by atoms with Crippen molar-refractivity contribution in [1.29, 1.82) is 0 Å². The molecule has 0 heterocycles. The predicted octanol–water partition coefficient (Wildman–Crippen LogP) is 3.04. The Labute approximate surface area is 77.5 Å². The van der Waals surface area contributed by atoms with Gasteiger partial charge < -0.3 is 4.79 Å². The minimum atomic E-state index is -2.62. The second-order valence-corrected chi connectivity index (χ2v) is 4.19. The molecule has 1 nitrogen and oxygen atoms in total. The second-order valence-electron chi connectivity index (χ2n) is 4.19. The third-order valence-electron chi connectivity index (χ3n) is 3.37. The van der Waals surface area contributed by atoms with E-state index in [-0.39, 0.29) is 18.8 Å². The van der Waals surface area contributed by atoms with Gasteiger partial charge in [0.25, 0.3) is 0 Å². The third-order valence-corrected chi connectivity index (χ3v) is 3.37. The molecule has 1 rings (SSSR count). The lowest BCUT2D eigenvalue weighted by molar-refractivity contribution is -0.120. The number of hydrogen-bond donors (Lipinski definition) is 0. The van der Waals surface area contributed by atoms with Gasteiger partial charge in [0.1, 0.15) is 6.29 Å². The highest BCUT2D eigenvalue weighted by molar-refractivity contribution is 5.61. The first-order valence-corrected chi connectivity index (χ1v) is 4.80. The van der Waals surface area contributed by atoms with Crippen molar-refractivity contribution >= 4 is 6.29 Å². The standard InChI is InChI=1S/C10H16F2O/c1-3-8(2)9(7-13)4-5-10(11,12)6-9/h7-8H,3-6H2,1-2H3. The van der Waals surface area contributed by atoms with Crippen LogP contribution in [0.2, 0.25) is 0 Å². The van der Waals surface area contributed by atoms with Crippen LogP contribution in [0.1, 0.15) is 39.5 Å². The van der Waals surface area contributed by atoms with Gasteiger partial charge >= 0.3 is 0 Å². The summed E-state index contributed by atoms with van der Waals surface area (Å²) >= 11 is 0. The highest BCUT2D eigenvalue weighted by atomic mass is 19.3. The molecule has 0 aromatic rings. The smallest absolute Gasteiger partial charge is 0.249 e. The number of alkyl halides is 2. The molecule has 76 valence electrons. The number of aldehydes is 1. The van der Waals surface area contributed by atoms with E-state index in [1.54, 1.807) is 0 Å². The normalized spacial score (nSPS) is 34.5. The van der Waals surface area contributed by atoms with Crippen LogP contribution in [0, 0.1) is 11.3 Å². The highest BCUT2D eigenvalue weighted by Crippen LogP contribution is 2.50. The Hall–Kier alpha value is -0.470. The molecule has 0 radical (unpaired) electrons. The van der Waals surface area contributed by atoms with Gasteiger partial charge in [0.15, 0.2) is 0 Å². The Bertz CT molecular complexity index is 203. The van der Waals surface area contributed by atoms with Crippen LogP contribution < -0.4 is 0 Å². The number of rotatable bonds is 3. The summed E-state index contributed by atoms with van der Waals surface area (Å²) in [4.78, 5) is 10.9. The van der Waals surface area contributed by atoms with Crippen molar-refractivity contribution < 1.29 is 13.6 Å². The Morgan fingerprint density at radius 2 is 2.08 bits per heavy atom. The number of hydrogen-bond acceptors (Lipinski definition) is 1. The van der Waals surface area contributed by atoms with Gasteiger partial charge in [-0.3, -0.25) is 0 Å². The predicted molar refractivity (Wildman–Crippen MR) is 46.8 cm³/mol. The van der Waals surface area contributed by atoms with E-state index in [0.29, 0.717) is 6.42 Å². The molecule has 3 heteroatoms. The molecule has 0 aromatic heterocycles. The van der Waals surface area contributed by atoms with E-state index in [1.807, 2.05) is 13.8 Å². The van der Waals surface area contributed by atoms with Crippen LogP contribution in [0.25, 0.3) is 0 Å². The van der Waals surface area contributed by atoms with E-state index in [9.17, 15) is 13.6 Å². The maximum Gasteiger partial charge on any atom is 0.249 e. The van der Waals surface area contributed by atoms with Crippen molar-refractivity contribution in [2.24, 2.45) is 11.3 Å². The molecule has 13 heavy (non-hydrogen) atoms. The summed E-state index contributed by atoms with van der Waals surface area (Å²) in [6.07, 6.45) is 1.50. The zero-order valence-electron chi connectivity index (χ0n) is 8.15. The average Bonchev–Trinajstić information content (AvgIpc) is 2.41. The van der Waals surface area contributed by atoms with Gasteiger partial charge in [-0.1, -0.05) is 20.3 Å². The van der Waals surface area contributed by atoms with Crippen LogP contribution >= 0.6 is 0 Å². The van der Waals surface area contributed by atoms with Crippen LogP contribution in [0.15, 0.2) is 0 Å². The number of halogens is 2. The molecule has 2 atom stereocenters. The van der Waals surface area contributed by atoms with Crippen LogP contribution in [-0.2, 0) is 4.79 Å². The van der Waals surface area contributed by atoms with Crippen molar-refractivity contribution in [3.63, 3.8) is 0 Å². The summed E-state index contributed by atoms with van der Waals surface area (Å²) in [5.41, 5.74) is -0.752. The van der Waals surface area contributed by atoms with Gasteiger partial charge in [-0.25, -0.2) is 8.78 Å². The van der Waals surface area contributed by atoms with Crippen molar-refractivity contribution in [2.45, 2.75) is 45.5 Å². The van der Waals surface area contributed by atoms with Gasteiger partial charge in [-0.2, -0.15) is 0 Å². The van der Waals surface area contributed by atoms with Gasteiger partial charge in [-0.05, 0) is 12.3 Å². The van der Waals surface area contributed by atoms with Gasteiger partial charge in [-0.15, -0.1) is 0 Å². The zero-order valence-corrected chi connectivity index (χ0v) is 8.15. The fourth-order valence-corrected chi connectivity index (χ4v) is 2.12. The lowest BCUT2D eigenvalue weighted by Crippen LogP contribution is -2.29. The molecule has 0 aliphatic heterocycles. The topological polar surface area (TPSA) is 17.1 Å². The van der Waals surface area contributed by atoms with Gasteiger partial charge in [0, 0.05) is 18.3 Å². The summed E-state index contributed by atoms with van der Waals surface area (Å²) < 4.78 is 25.9. The fourth-order valence-electron chi connectivity index (χ4n) is 2.12. The molecule has 2 unspecified atom stereocenters. The van der Waals surface area contributed by atoms with Crippen molar-refractivity contribution in [2.75, 3.05) is 0 Å². The summed E-state index contributed by atoms with van der Waals surface area (Å²) in [7, 11) is 0. The Kier molecular flexibility index (Phi) is 2.74. The van der Waals surface area contributed by atoms with Crippen LogP contribution in [0.4, 0.5) is 8.78 Å². The van der Waals surface area contributed by atoms with E-state index in [1.165, 1.54) is 0 Å². The summed E-state index contributed by atoms with van der Waals surface area (Å²) in [6.45, 7) is 3.82. The quantitative estimate of drug-likeness (QED) is 0.625. The minimum absolute atomic E-state index is 0.0679. The van der Waals surface area contributed by atoms with Crippen LogP contribution in [-0.4, -0.2) is 12.2 Å². The fraction of sp³-hybridized carbons (Fsp3) is 0.900. The van der Waals surface area contributed by atoms with E-state index < -0.39 is 11.3 Å². The number of carbonyl (C=O) groups is 1. The Morgan fingerprint density at radius 3 is 2.38 bits per heavy atom. The van der Waals surface area contributed by atoms with Crippen molar-refractivity contribution in [3.05, 3.63) is 0 Å². The summed E-state index contributed by atoms with van der Waals surface area (Å²) in [5.74, 6) is -2.55. The zero-order chi connectivity index (χ0) is 10.1. The SMILES string of the molecule is CCC(C)C1(C=O)CCC(F)(F)C1. The number of carbonyl (C=O) groups excluding carboxylic acids is 1. The maximum absolute atomic E-state index is 13.0. The molecule has 0 saturated heterocycles. The summed E-state index contributed by atoms with van der Waals surface area (Å²) in [5, 5.41) is 0. The Balaban J connectivity index is 2.79. The van der Waals surface area contributed by atoms with Crippen molar-refractivity contribution in [3.8, 4) is 0 Å². The Morgan fingerprint density at radius 1 is 1.46 bits per heavy atom. The van der Waals surface area contributed by atoms with E-state index in [2.05, 4.69) is 0 Å². The molecule has 1 aliphatic rings. The van der Waals surface area contributed by atoms with Crippen molar-refractivity contribution in [1.82, 2.24) is 0 Å².